The number of nitrogens with zero attached hydrogens (tertiary/aromatic N) is 3. The fourth-order valence-electron chi connectivity index (χ4n) is 2.87. The molecule has 2 amide bonds. The monoisotopic (exact) mass is 341 g/mol. The second-order valence-corrected chi connectivity index (χ2v) is 6.70. The average molecular weight is 341 g/mol. The van der Waals surface area contributed by atoms with Crippen molar-refractivity contribution in [2.45, 2.75) is 27.2 Å². The molecule has 1 fully saturated rings. The molecule has 0 atom stereocenters. The van der Waals surface area contributed by atoms with Gasteiger partial charge in [0.15, 0.2) is 0 Å². The molecular formula is C18H19N3O2S. The molecule has 1 aliphatic rings. The molecule has 3 heterocycles. The van der Waals surface area contributed by atoms with E-state index >= 15 is 0 Å². The number of imide groups is 1. The van der Waals surface area contributed by atoms with Crippen LogP contribution in [0.3, 0.4) is 0 Å². The molecule has 5 nitrogen and oxygen atoms in total. The molecule has 0 unspecified atom stereocenters. The quantitative estimate of drug-likeness (QED) is 0.791. The van der Waals surface area contributed by atoms with Gasteiger partial charge in [-0.25, -0.2) is 0 Å². The lowest BCUT2D eigenvalue weighted by atomic mass is 10.2. The number of amides is 2. The second-order valence-electron chi connectivity index (χ2n) is 5.71. The first-order valence-corrected chi connectivity index (χ1v) is 8.69. The zero-order valence-corrected chi connectivity index (χ0v) is 14.8. The molecule has 0 aliphatic carbocycles. The van der Waals surface area contributed by atoms with Crippen LogP contribution in [-0.2, 0) is 4.79 Å². The van der Waals surface area contributed by atoms with E-state index in [9.17, 15) is 9.59 Å². The third kappa shape index (κ3) is 2.89. The molecular weight excluding hydrogens is 322 g/mol. The van der Waals surface area contributed by atoms with E-state index < -0.39 is 0 Å². The van der Waals surface area contributed by atoms with E-state index in [1.165, 1.54) is 4.90 Å². The largest absolute Gasteiger partial charge is 0.316 e. The third-order valence-electron chi connectivity index (χ3n) is 3.98. The maximum atomic E-state index is 12.4. The molecule has 124 valence electrons. The van der Waals surface area contributed by atoms with Gasteiger partial charge in [-0.2, -0.15) is 0 Å². The molecule has 24 heavy (non-hydrogen) atoms. The Bertz CT molecular complexity index is 824. The predicted molar refractivity (Wildman–Crippen MR) is 96.0 cm³/mol. The topological polar surface area (TPSA) is 55.2 Å². The summed E-state index contributed by atoms with van der Waals surface area (Å²) in [4.78, 5) is 30.3. The Morgan fingerprint density at radius 3 is 2.75 bits per heavy atom. The van der Waals surface area contributed by atoms with E-state index in [0.29, 0.717) is 11.4 Å². The minimum absolute atomic E-state index is 0.186. The van der Waals surface area contributed by atoms with Crippen molar-refractivity contribution in [3.63, 3.8) is 0 Å². The summed E-state index contributed by atoms with van der Waals surface area (Å²) in [6, 6.07) is 5.91. The minimum Gasteiger partial charge on any atom is -0.316 e. The summed E-state index contributed by atoms with van der Waals surface area (Å²) < 4.78 is 2.09. The lowest BCUT2D eigenvalue weighted by Crippen LogP contribution is -2.28. The fourth-order valence-corrected chi connectivity index (χ4v) is 3.73. The Balaban J connectivity index is 1.98. The van der Waals surface area contributed by atoms with Crippen LogP contribution in [0.25, 0.3) is 11.8 Å². The van der Waals surface area contributed by atoms with Gasteiger partial charge in [-0.3, -0.25) is 19.5 Å². The molecule has 0 saturated carbocycles. The van der Waals surface area contributed by atoms with Crippen molar-refractivity contribution >= 4 is 29.0 Å². The molecule has 6 heteroatoms. The van der Waals surface area contributed by atoms with Gasteiger partial charge in [0, 0.05) is 24.1 Å². The van der Waals surface area contributed by atoms with E-state index in [2.05, 4.69) is 9.55 Å². The van der Waals surface area contributed by atoms with Crippen molar-refractivity contribution in [3.8, 4) is 5.69 Å². The van der Waals surface area contributed by atoms with Gasteiger partial charge in [0.25, 0.3) is 11.1 Å². The molecule has 0 bridgehead atoms. The van der Waals surface area contributed by atoms with Gasteiger partial charge in [0.1, 0.15) is 0 Å². The number of carbonyl (C=O) groups is 2. The Kier molecular flexibility index (Phi) is 4.57. The van der Waals surface area contributed by atoms with E-state index in [-0.39, 0.29) is 11.1 Å². The highest BCUT2D eigenvalue weighted by atomic mass is 32.2. The zero-order chi connectivity index (χ0) is 17.3. The van der Waals surface area contributed by atoms with Crippen LogP contribution < -0.4 is 0 Å². The Hall–Kier alpha value is -2.34. The van der Waals surface area contributed by atoms with Gasteiger partial charge >= 0.3 is 0 Å². The van der Waals surface area contributed by atoms with E-state index in [4.69, 9.17) is 0 Å². The van der Waals surface area contributed by atoms with E-state index in [0.717, 1.165) is 40.8 Å². The average Bonchev–Trinajstić information content (AvgIpc) is 2.99. The lowest BCUT2D eigenvalue weighted by Gasteiger charge is -2.09. The van der Waals surface area contributed by atoms with Crippen LogP contribution in [0.2, 0.25) is 0 Å². The maximum absolute atomic E-state index is 12.4. The number of aryl methyl sites for hydroxylation is 1. The van der Waals surface area contributed by atoms with Crippen molar-refractivity contribution in [1.82, 2.24) is 14.5 Å². The minimum atomic E-state index is -0.196. The zero-order valence-electron chi connectivity index (χ0n) is 13.9. The lowest BCUT2D eigenvalue weighted by molar-refractivity contribution is -0.122. The number of hydrogen-bond acceptors (Lipinski definition) is 4. The normalized spacial score (nSPS) is 16.5. The van der Waals surface area contributed by atoms with Crippen LogP contribution in [0.4, 0.5) is 4.79 Å². The number of hydrogen-bond donors (Lipinski definition) is 0. The molecule has 2 aromatic rings. The highest BCUT2D eigenvalue weighted by Crippen LogP contribution is 2.33. The molecule has 0 spiro atoms. The summed E-state index contributed by atoms with van der Waals surface area (Å²) >= 11 is 1.01. The van der Waals surface area contributed by atoms with Crippen LogP contribution in [0, 0.1) is 13.8 Å². The van der Waals surface area contributed by atoms with Gasteiger partial charge in [-0.05, 0) is 61.9 Å². The standard InChI is InChI=1S/C18H19N3O2S/c1-4-8-20-17(22)16(24-18(20)23)10-14-9-12(2)21(13(14)3)15-6-5-7-19-11-15/h5-7,9-11H,4,8H2,1-3H3/b16-10+. The summed E-state index contributed by atoms with van der Waals surface area (Å²) in [6.45, 7) is 6.44. The number of carbonyl (C=O) groups excluding carboxylic acids is 2. The highest BCUT2D eigenvalue weighted by molar-refractivity contribution is 8.18. The highest BCUT2D eigenvalue weighted by Gasteiger charge is 2.34. The number of thioether (sulfide) groups is 1. The van der Waals surface area contributed by atoms with Gasteiger partial charge in [0.05, 0.1) is 16.8 Å². The van der Waals surface area contributed by atoms with Crippen LogP contribution >= 0.6 is 11.8 Å². The molecule has 1 saturated heterocycles. The van der Waals surface area contributed by atoms with Gasteiger partial charge < -0.3 is 4.57 Å². The van der Waals surface area contributed by atoms with Crippen molar-refractivity contribution < 1.29 is 9.59 Å². The number of rotatable bonds is 4. The fraction of sp³-hybridized carbons (Fsp3) is 0.278. The summed E-state index contributed by atoms with van der Waals surface area (Å²) in [5.74, 6) is -0.196. The summed E-state index contributed by atoms with van der Waals surface area (Å²) in [6.07, 6.45) is 6.12. The first-order chi connectivity index (χ1) is 11.5. The second kappa shape index (κ2) is 6.65. The summed E-state index contributed by atoms with van der Waals surface area (Å²) in [5.41, 5.74) is 3.99. The van der Waals surface area contributed by atoms with Gasteiger partial charge in [-0.1, -0.05) is 6.92 Å². The van der Waals surface area contributed by atoms with E-state index in [1.807, 2.05) is 45.0 Å². The summed E-state index contributed by atoms with van der Waals surface area (Å²) in [5, 5.41) is -0.186. The Labute approximate surface area is 145 Å². The van der Waals surface area contributed by atoms with Crippen LogP contribution in [0.5, 0.6) is 0 Å². The van der Waals surface area contributed by atoms with Crippen LogP contribution in [0.15, 0.2) is 35.5 Å². The van der Waals surface area contributed by atoms with Gasteiger partial charge in [-0.15, -0.1) is 0 Å². The van der Waals surface area contributed by atoms with E-state index in [1.54, 1.807) is 12.4 Å². The Morgan fingerprint density at radius 1 is 1.29 bits per heavy atom. The number of aromatic nitrogens is 2. The molecule has 2 aromatic heterocycles. The first kappa shape index (κ1) is 16.5. The van der Waals surface area contributed by atoms with Crippen molar-refractivity contribution in [3.05, 3.63) is 52.4 Å². The smallest absolute Gasteiger partial charge is 0.293 e. The molecule has 0 radical (unpaired) electrons. The SMILES string of the molecule is CCCN1C(=O)S/C(=C/c2cc(C)n(-c3cccnc3)c2C)C1=O. The van der Waals surface area contributed by atoms with Crippen molar-refractivity contribution in [2.75, 3.05) is 6.54 Å². The maximum Gasteiger partial charge on any atom is 0.293 e. The molecule has 1 aliphatic heterocycles. The van der Waals surface area contributed by atoms with Crippen LogP contribution in [0.1, 0.15) is 30.3 Å². The van der Waals surface area contributed by atoms with Crippen molar-refractivity contribution in [1.29, 1.82) is 0 Å². The van der Waals surface area contributed by atoms with Crippen LogP contribution in [-0.4, -0.2) is 32.1 Å². The Morgan fingerprint density at radius 2 is 2.08 bits per heavy atom. The predicted octanol–water partition coefficient (Wildman–Crippen LogP) is 3.94. The first-order valence-electron chi connectivity index (χ1n) is 7.87. The van der Waals surface area contributed by atoms with Gasteiger partial charge in [0.2, 0.25) is 0 Å². The summed E-state index contributed by atoms with van der Waals surface area (Å²) in [7, 11) is 0. The molecule has 0 N–H and O–H groups in total. The van der Waals surface area contributed by atoms with Crippen molar-refractivity contribution in [2.24, 2.45) is 0 Å². The molecule has 3 rings (SSSR count). The number of pyridine rings is 1. The third-order valence-corrected chi connectivity index (χ3v) is 4.89. The molecule has 0 aromatic carbocycles.